The van der Waals surface area contributed by atoms with Gasteiger partial charge in [0.25, 0.3) is 11.8 Å². The Morgan fingerprint density at radius 1 is 1.04 bits per heavy atom. The molecule has 23 heavy (non-hydrogen) atoms. The molecular weight excluding hydrogens is 360 g/mol. The fourth-order valence-corrected chi connectivity index (χ4v) is 2.42. The summed E-state index contributed by atoms with van der Waals surface area (Å²) in [6.07, 6.45) is 0.816. The molecule has 0 spiro atoms. The quantitative estimate of drug-likeness (QED) is 0.788. The molecule has 5 nitrogen and oxygen atoms in total. The van der Waals surface area contributed by atoms with Gasteiger partial charge >= 0.3 is 0 Å². The maximum atomic E-state index is 11.9. The Kier molecular flexibility index (Phi) is 6.17. The van der Waals surface area contributed by atoms with Crippen LogP contribution >= 0.6 is 15.9 Å². The summed E-state index contributed by atoms with van der Waals surface area (Å²) in [4.78, 5) is 23.7. The van der Waals surface area contributed by atoms with Gasteiger partial charge in [0.2, 0.25) is 0 Å². The molecule has 0 aliphatic carbocycles. The lowest BCUT2D eigenvalue weighted by molar-refractivity contribution is -0.123. The van der Waals surface area contributed by atoms with Crippen molar-refractivity contribution in [3.05, 3.63) is 64.1 Å². The van der Waals surface area contributed by atoms with Crippen molar-refractivity contribution >= 4 is 27.7 Å². The number of rotatable bonds is 5. The summed E-state index contributed by atoms with van der Waals surface area (Å²) >= 11 is 3.28. The van der Waals surface area contributed by atoms with Crippen LogP contribution in [0.2, 0.25) is 0 Å². The monoisotopic (exact) mass is 376 g/mol. The van der Waals surface area contributed by atoms with Crippen LogP contribution in [0.25, 0.3) is 0 Å². The Balaban J connectivity index is 1.84. The zero-order chi connectivity index (χ0) is 16.7. The molecule has 0 aliphatic rings. The number of aryl methyl sites for hydroxylation is 1. The highest BCUT2D eigenvalue weighted by molar-refractivity contribution is 9.10. The number of carbonyl (C=O) groups is 2. The summed E-state index contributed by atoms with van der Waals surface area (Å²) in [6, 6.07) is 14.5. The summed E-state index contributed by atoms with van der Waals surface area (Å²) in [7, 11) is 0. The fraction of sp³-hybridized carbons (Fsp3) is 0.176. The number of halogens is 1. The van der Waals surface area contributed by atoms with Crippen molar-refractivity contribution in [3.8, 4) is 5.75 Å². The number of hydrogen-bond donors (Lipinski definition) is 2. The second-order valence-electron chi connectivity index (χ2n) is 4.73. The first-order valence-corrected chi connectivity index (χ1v) is 7.95. The molecule has 6 heteroatoms. The highest BCUT2D eigenvalue weighted by Crippen LogP contribution is 2.18. The Labute approximate surface area is 143 Å². The SMILES string of the molecule is CCc1ccccc1OCC(=O)NNC(=O)c1ccccc1Br. The van der Waals surface area contributed by atoms with Crippen molar-refractivity contribution in [2.45, 2.75) is 13.3 Å². The lowest BCUT2D eigenvalue weighted by Crippen LogP contribution is -2.44. The van der Waals surface area contributed by atoms with Gasteiger partial charge in [0.1, 0.15) is 5.75 Å². The van der Waals surface area contributed by atoms with Crippen LogP contribution in [0.4, 0.5) is 0 Å². The summed E-state index contributed by atoms with van der Waals surface area (Å²) in [6.45, 7) is 1.84. The molecule has 0 aromatic heterocycles. The van der Waals surface area contributed by atoms with E-state index < -0.39 is 11.8 Å². The van der Waals surface area contributed by atoms with Crippen molar-refractivity contribution in [2.75, 3.05) is 6.61 Å². The van der Waals surface area contributed by atoms with Crippen molar-refractivity contribution in [3.63, 3.8) is 0 Å². The van der Waals surface area contributed by atoms with E-state index in [-0.39, 0.29) is 6.61 Å². The Hall–Kier alpha value is -2.34. The van der Waals surface area contributed by atoms with Crippen LogP contribution in [0.3, 0.4) is 0 Å². The minimum atomic E-state index is -0.434. The molecule has 0 aliphatic heterocycles. The van der Waals surface area contributed by atoms with E-state index in [1.165, 1.54) is 0 Å². The number of hydrogen-bond acceptors (Lipinski definition) is 3. The summed E-state index contributed by atoms with van der Waals surface area (Å²) in [5.41, 5.74) is 6.15. The normalized spacial score (nSPS) is 10.0. The van der Waals surface area contributed by atoms with E-state index in [2.05, 4.69) is 26.8 Å². The average molecular weight is 377 g/mol. The molecular formula is C17H17BrN2O3. The van der Waals surface area contributed by atoms with Crippen molar-refractivity contribution in [2.24, 2.45) is 0 Å². The van der Waals surface area contributed by atoms with E-state index >= 15 is 0 Å². The topological polar surface area (TPSA) is 67.4 Å². The average Bonchev–Trinajstić information content (AvgIpc) is 2.58. The molecule has 0 saturated carbocycles. The molecule has 2 aromatic carbocycles. The van der Waals surface area contributed by atoms with Crippen molar-refractivity contribution in [1.82, 2.24) is 10.9 Å². The molecule has 2 amide bonds. The third-order valence-electron chi connectivity index (χ3n) is 3.15. The second-order valence-corrected chi connectivity index (χ2v) is 5.59. The standard InChI is InChI=1S/C17H17BrN2O3/c1-2-12-7-3-6-10-15(12)23-11-16(21)19-20-17(22)13-8-4-5-9-14(13)18/h3-10H,2,11H2,1H3,(H,19,21)(H,20,22). The third-order valence-corrected chi connectivity index (χ3v) is 3.84. The van der Waals surface area contributed by atoms with Gasteiger partial charge in [-0.3, -0.25) is 20.4 Å². The predicted octanol–water partition coefficient (Wildman–Crippen LogP) is 2.85. The Morgan fingerprint density at radius 3 is 2.48 bits per heavy atom. The first-order chi connectivity index (χ1) is 11.1. The maximum absolute atomic E-state index is 11.9. The number of benzene rings is 2. The molecule has 2 N–H and O–H groups in total. The molecule has 120 valence electrons. The number of carbonyl (C=O) groups excluding carboxylic acids is 2. The van der Waals surface area contributed by atoms with Gasteiger partial charge in [-0.25, -0.2) is 0 Å². The van der Waals surface area contributed by atoms with Gasteiger partial charge in [0.15, 0.2) is 6.61 Å². The molecule has 0 bridgehead atoms. The molecule has 0 unspecified atom stereocenters. The maximum Gasteiger partial charge on any atom is 0.276 e. The molecule has 2 aromatic rings. The van der Waals surface area contributed by atoms with Crippen LogP contribution < -0.4 is 15.6 Å². The van der Waals surface area contributed by atoms with E-state index in [0.29, 0.717) is 15.8 Å². The van der Waals surface area contributed by atoms with Gasteiger partial charge < -0.3 is 4.74 Å². The summed E-state index contributed by atoms with van der Waals surface area (Å²) in [5.74, 6) is -0.168. The van der Waals surface area contributed by atoms with Crippen LogP contribution in [0.15, 0.2) is 53.0 Å². The fourth-order valence-electron chi connectivity index (χ4n) is 1.96. The van der Waals surface area contributed by atoms with Gasteiger partial charge in [-0.2, -0.15) is 0 Å². The van der Waals surface area contributed by atoms with Gasteiger partial charge in [0, 0.05) is 4.47 Å². The van der Waals surface area contributed by atoms with Gasteiger partial charge in [-0.1, -0.05) is 37.3 Å². The number of para-hydroxylation sites is 1. The second kappa shape index (κ2) is 8.33. The first-order valence-electron chi connectivity index (χ1n) is 7.16. The van der Waals surface area contributed by atoms with Crippen LogP contribution in [-0.2, 0) is 11.2 Å². The molecule has 2 rings (SSSR count). The number of hydrazine groups is 1. The Bertz CT molecular complexity index is 704. The highest BCUT2D eigenvalue weighted by Gasteiger charge is 2.11. The molecule has 0 atom stereocenters. The van der Waals surface area contributed by atoms with Gasteiger partial charge in [-0.05, 0) is 46.1 Å². The minimum absolute atomic E-state index is 0.173. The van der Waals surface area contributed by atoms with E-state index in [0.717, 1.165) is 12.0 Å². The van der Waals surface area contributed by atoms with E-state index in [1.807, 2.05) is 31.2 Å². The minimum Gasteiger partial charge on any atom is -0.483 e. The third kappa shape index (κ3) is 4.82. The van der Waals surface area contributed by atoms with Gasteiger partial charge in [-0.15, -0.1) is 0 Å². The Morgan fingerprint density at radius 2 is 1.74 bits per heavy atom. The van der Waals surface area contributed by atoms with Crippen molar-refractivity contribution < 1.29 is 14.3 Å². The van der Waals surface area contributed by atoms with Crippen LogP contribution in [0.5, 0.6) is 5.75 Å². The molecule has 0 heterocycles. The van der Waals surface area contributed by atoms with Gasteiger partial charge in [0.05, 0.1) is 5.56 Å². The number of ether oxygens (including phenoxy) is 1. The summed E-state index contributed by atoms with van der Waals surface area (Å²) < 4.78 is 6.13. The molecule has 0 radical (unpaired) electrons. The number of nitrogens with one attached hydrogen (secondary N) is 2. The largest absolute Gasteiger partial charge is 0.483 e. The van der Waals surface area contributed by atoms with E-state index in [4.69, 9.17) is 4.74 Å². The zero-order valence-electron chi connectivity index (χ0n) is 12.6. The molecule has 0 fully saturated rings. The van der Waals surface area contributed by atoms with E-state index in [1.54, 1.807) is 24.3 Å². The van der Waals surface area contributed by atoms with Crippen LogP contribution in [0.1, 0.15) is 22.8 Å². The number of amides is 2. The lowest BCUT2D eigenvalue weighted by atomic mass is 10.1. The van der Waals surface area contributed by atoms with Crippen LogP contribution in [0, 0.1) is 0 Å². The van der Waals surface area contributed by atoms with E-state index in [9.17, 15) is 9.59 Å². The molecule has 0 saturated heterocycles. The zero-order valence-corrected chi connectivity index (χ0v) is 14.2. The van der Waals surface area contributed by atoms with Crippen LogP contribution in [-0.4, -0.2) is 18.4 Å². The lowest BCUT2D eigenvalue weighted by Gasteiger charge is -2.11. The smallest absolute Gasteiger partial charge is 0.276 e. The first kappa shape index (κ1) is 17.0. The van der Waals surface area contributed by atoms with Crippen molar-refractivity contribution in [1.29, 1.82) is 0 Å². The highest BCUT2D eigenvalue weighted by atomic mass is 79.9. The predicted molar refractivity (Wildman–Crippen MR) is 91.1 cm³/mol. The summed E-state index contributed by atoms with van der Waals surface area (Å²) in [5, 5.41) is 0.